The van der Waals surface area contributed by atoms with Gasteiger partial charge in [-0.2, -0.15) is 0 Å². The number of morpholine rings is 1. The quantitative estimate of drug-likeness (QED) is 0.767. The van der Waals surface area contributed by atoms with Gasteiger partial charge in [-0.1, -0.05) is 12.1 Å². The van der Waals surface area contributed by atoms with Crippen molar-refractivity contribution in [3.8, 4) is 0 Å². The zero-order valence-electron chi connectivity index (χ0n) is 11.5. The molecule has 2 N–H and O–H groups in total. The van der Waals surface area contributed by atoms with Crippen molar-refractivity contribution in [3.05, 3.63) is 29.8 Å². The Kier molecular flexibility index (Phi) is 5.29. The predicted molar refractivity (Wildman–Crippen MR) is 75.8 cm³/mol. The summed E-state index contributed by atoms with van der Waals surface area (Å²) < 4.78 is 32.0. The molecule has 2 rings (SSSR count). The first-order valence-electron chi connectivity index (χ1n) is 6.63. The molecule has 0 radical (unpaired) electrons. The Morgan fingerprint density at radius 3 is 2.62 bits per heavy atom. The standard InChI is InChI=1S/C13H18N2O5S/c16-13(17)11-3-1-2-4-12(11)21(18,19)14-5-6-15-7-9-20-10-8-15/h1-4,14H,5-10H2,(H,16,17). The molecule has 1 heterocycles. The van der Waals surface area contributed by atoms with E-state index >= 15 is 0 Å². The van der Waals surface area contributed by atoms with Gasteiger partial charge in [0.05, 0.1) is 23.7 Å². The number of ether oxygens (including phenoxy) is 1. The topological polar surface area (TPSA) is 95.9 Å². The zero-order valence-corrected chi connectivity index (χ0v) is 12.3. The fourth-order valence-electron chi connectivity index (χ4n) is 2.12. The molecule has 0 spiro atoms. The van der Waals surface area contributed by atoms with Crippen molar-refractivity contribution in [2.75, 3.05) is 39.4 Å². The van der Waals surface area contributed by atoms with Gasteiger partial charge < -0.3 is 9.84 Å². The van der Waals surface area contributed by atoms with Crippen LogP contribution < -0.4 is 4.72 Å². The SMILES string of the molecule is O=C(O)c1ccccc1S(=O)(=O)NCCN1CCOCC1. The molecule has 0 bridgehead atoms. The third kappa shape index (κ3) is 4.24. The lowest BCUT2D eigenvalue weighted by atomic mass is 10.2. The highest BCUT2D eigenvalue weighted by atomic mass is 32.2. The minimum atomic E-state index is -3.83. The van der Waals surface area contributed by atoms with Crippen molar-refractivity contribution in [3.63, 3.8) is 0 Å². The van der Waals surface area contributed by atoms with E-state index in [1.165, 1.54) is 24.3 Å². The number of hydrogen-bond acceptors (Lipinski definition) is 5. The number of nitrogens with one attached hydrogen (secondary N) is 1. The Bertz CT molecular complexity index is 596. The molecule has 1 aliphatic heterocycles. The van der Waals surface area contributed by atoms with Gasteiger partial charge in [0.25, 0.3) is 0 Å². The van der Waals surface area contributed by atoms with E-state index in [9.17, 15) is 13.2 Å². The molecule has 7 nitrogen and oxygen atoms in total. The molecule has 1 aromatic rings. The lowest BCUT2D eigenvalue weighted by Gasteiger charge is -2.26. The Hall–Kier alpha value is -1.48. The predicted octanol–water partition coefficient (Wildman–Crippen LogP) is -0.00470. The fraction of sp³-hybridized carbons (Fsp3) is 0.462. The van der Waals surface area contributed by atoms with Crippen LogP contribution in [0.25, 0.3) is 0 Å². The first-order chi connectivity index (χ1) is 10.0. The third-order valence-corrected chi connectivity index (χ3v) is 4.75. The maximum atomic E-state index is 12.2. The fourth-order valence-corrected chi connectivity index (χ4v) is 3.34. The molecular weight excluding hydrogens is 296 g/mol. The molecule has 1 saturated heterocycles. The summed E-state index contributed by atoms with van der Waals surface area (Å²) in [6, 6.07) is 5.57. The maximum absolute atomic E-state index is 12.2. The minimum absolute atomic E-state index is 0.209. The zero-order chi connectivity index (χ0) is 15.3. The van der Waals surface area contributed by atoms with Crippen LogP contribution >= 0.6 is 0 Å². The molecule has 8 heteroatoms. The van der Waals surface area contributed by atoms with E-state index in [-0.39, 0.29) is 17.0 Å². The first kappa shape index (κ1) is 15.9. The van der Waals surface area contributed by atoms with Crippen LogP contribution in [0.2, 0.25) is 0 Å². The van der Waals surface area contributed by atoms with Crippen LogP contribution in [0.15, 0.2) is 29.2 Å². The van der Waals surface area contributed by atoms with Crippen LogP contribution in [0.3, 0.4) is 0 Å². The summed E-state index contributed by atoms with van der Waals surface area (Å²) in [6.07, 6.45) is 0. The number of carboxylic acids is 1. The largest absolute Gasteiger partial charge is 0.478 e. The Morgan fingerprint density at radius 2 is 1.95 bits per heavy atom. The summed E-state index contributed by atoms with van der Waals surface area (Å²) in [5, 5.41) is 9.04. The monoisotopic (exact) mass is 314 g/mol. The maximum Gasteiger partial charge on any atom is 0.337 e. The molecular formula is C13H18N2O5S. The van der Waals surface area contributed by atoms with Gasteiger partial charge in [0, 0.05) is 26.2 Å². The highest BCUT2D eigenvalue weighted by Gasteiger charge is 2.21. The number of benzene rings is 1. The summed E-state index contributed by atoms with van der Waals surface area (Å²) in [5.41, 5.74) is -0.226. The van der Waals surface area contributed by atoms with Crippen LogP contribution in [0, 0.1) is 0 Å². The number of sulfonamides is 1. The van der Waals surface area contributed by atoms with E-state index < -0.39 is 16.0 Å². The number of hydrogen-bond donors (Lipinski definition) is 2. The molecule has 0 atom stereocenters. The molecule has 0 aliphatic carbocycles. The lowest BCUT2D eigenvalue weighted by Crippen LogP contribution is -2.41. The van der Waals surface area contributed by atoms with E-state index in [2.05, 4.69) is 9.62 Å². The highest BCUT2D eigenvalue weighted by molar-refractivity contribution is 7.89. The Balaban J connectivity index is 2.00. The Labute approximate surface area is 123 Å². The van der Waals surface area contributed by atoms with Crippen LogP contribution in [0.4, 0.5) is 0 Å². The summed E-state index contributed by atoms with van der Waals surface area (Å²) >= 11 is 0. The molecule has 0 unspecified atom stereocenters. The van der Waals surface area contributed by atoms with Crippen LogP contribution in [0.1, 0.15) is 10.4 Å². The number of aromatic carboxylic acids is 1. The average Bonchev–Trinajstić information content (AvgIpc) is 2.48. The summed E-state index contributed by atoms with van der Waals surface area (Å²) in [6.45, 7) is 3.64. The molecule has 0 aromatic heterocycles. The molecule has 1 fully saturated rings. The van der Waals surface area contributed by atoms with Crippen molar-refractivity contribution in [1.82, 2.24) is 9.62 Å². The van der Waals surface area contributed by atoms with Gasteiger partial charge in [0.1, 0.15) is 0 Å². The summed E-state index contributed by atoms with van der Waals surface area (Å²) in [4.78, 5) is 13.0. The lowest BCUT2D eigenvalue weighted by molar-refractivity contribution is 0.0390. The molecule has 116 valence electrons. The van der Waals surface area contributed by atoms with Crippen LogP contribution in [-0.4, -0.2) is 63.8 Å². The van der Waals surface area contributed by atoms with E-state index in [0.717, 1.165) is 13.1 Å². The van der Waals surface area contributed by atoms with Gasteiger partial charge in [-0.3, -0.25) is 4.90 Å². The van der Waals surface area contributed by atoms with Crippen molar-refractivity contribution in [2.24, 2.45) is 0 Å². The van der Waals surface area contributed by atoms with Gasteiger partial charge in [-0.05, 0) is 12.1 Å². The van der Waals surface area contributed by atoms with E-state index in [0.29, 0.717) is 19.8 Å². The summed E-state index contributed by atoms with van der Waals surface area (Å²) in [5.74, 6) is -1.26. The minimum Gasteiger partial charge on any atom is -0.478 e. The molecule has 0 saturated carbocycles. The van der Waals surface area contributed by atoms with Crippen molar-refractivity contribution < 1.29 is 23.1 Å². The van der Waals surface area contributed by atoms with Crippen LogP contribution in [-0.2, 0) is 14.8 Å². The second-order valence-corrected chi connectivity index (χ2v) is 6.39. The van der Waals surface area contributed by atoms with E-state index in [4.69, 9.17) is 9.84 Å². The second-order valence-electron chi connectivity index (χ2n) is 4.65. The van der Waals surface area contributed by atoms with Gasteiger partial charge in [0.2, 0.25) is 10.0 Å². The first-order valence-corrected chi connectivity index (χ1v) is 8.11. The smallest absolute Gasteiger partial charge is 0.337 e. The van der Waals surface area contributed by atoms with E-state index in [1.54, 1.807) is 0 Å². The van der Waals surface area contributed by atoms with Crippen molar-refractivity contribution in [2.45, 2.75) is 4.90 Å². The molecule has 0 amide bonds. The van der Waals surface area contributed by atoms with Gasteiger partial charge in [-0.25, -0.2) is 17.9 Å². The number of nitrogens with zero attached hydrogens (tertiary/aromatic N) is 1. The van der Waals surface area contributed by atoms with Crippen molar-refractivity contribution >= 4 is 16.0 Å². The summed E-state index contributed by atoms with van der Waals surface area (Å²) in [7, 11) is -3.83. The average molecular weight is 314 g/mol. The number of carboxylic acid groups (broad SMARTS) is 1. The van der Waals surface area contributed by atoms with Gasteiger partial charge in [-0.15, -0.1) is 0 Å². The normalized spacial score (nSPS) is 16.8. The van der Waals surface area contributed by atoms with Crippen LogP contribution in [0.5, 0.6) is 0 Å². The highest BCUT2D eigenvalue weighted by Crippen LogP contribution is 2.15. The number of carbonyl (C=O) groups is 1. The van der Waals surface area contributed by atoms with Gasteiger partial charge in [0.15, 0.2) is 0 Å². The second kappa shape index (κ2) is 6.99. The molecule has 1 aromatic carbocycles. The Morgan fingerprint density at radius 1 is 1.29 bits per heavy atom. The third-order valence-electron chi connectivity index (χ3n) is 3.23. The molecule has 21 heavy (non-hydrogen) atoms. The number of rotatable bonds is 6. The van der Waals surface area contributed by atoms with Gasteiger partial charge >= 0.3 is 5.97 Å². The molecule has 1 aliphatic rings. The van der Waals surface area contributed by atoms with E-state index in [1.807, 2.05) is 0 Å². The van der Waals surface area contributed by atoms with Crippen molar-refractivity contribution in [1.29, 1.82) is 0 Å².